The molecule has 2 aromatic rings. The summed E-state index contributed by atoms with van der Waals surface area (Å²) >= 11 is 0. The molecule has 0 bridgehead atoms. The largest absolute Gasteiger partial charge is 0.396 e. The zero-order valence-corrected chi connectivity index (χ0v) is 10.6. The molecular formula is C14H16FN3O. The first-order valence-corrected chi connectivity index (χ1v) is 6.63. The molecule has 100 valence electrons. The molecule has 1 aromatic carbocycles. The van der Waals surface area contributed by atoms with E-state index in [0.29, 0.717) is 17.4 Å². The van der Waals surface area contributed by atoms with Crippen LogP contribution in [0.25, 0.3) is 11.5 Å². The minimum atomic E-state index is -0.463. The standard InChI is InChI=1S/C14H16FN3O/c15-11-8-10(6-7-12(11)16)14-17-13(18-19-14)9-4-2-1-3-5-9/h6-9H,1-5,16H2. The van der Waals surface area contributed by atoms with E-state index in [9.17, 15) is 4.39 Å². The first-order chi connectivity index (χ1) is 9.24. The third kappa shape index (κ3) is 2.45. The monoisotopic (exact) mass is 261 g/mol. The molecule has 0 radical (unpaired) electrons. The van der Waals surface area contributed by atoms with Gasteiger partial charge >= 0.3 is 0 Å². The molecule has 1 fully saturated rings. The molecule has 0 unspecified atom stereocenters. The predicted octanol–water partition coefficient (Wildman–Crippen LogP) is 3.51. The average Bonchev–Trinajstić information content (AvgIpc) is 2.93. The van der Waals surface area contributed by atoms with E-state index in [2.05, 4.69) is 10.1 Å². The van der Waals surface area contributed by atoms with Crippen molar-refractivity contribution in [2.24, 2.45) is 0 Å². The van der Waals surface area contributed by atoms with Crippen LogP contribution in [0.1, 0.15) is 43.8 Å². The minimum Gasteiger partial charge on any atom is -0.396 e. The van der Waals surface area contributed by atoms with Gasteiger partial charge in [0.25, 0.3) is 5.89 Å². The second kappa shape index (κ2) is 4.99. The Morgan fingerprint density at radius 3 is 2.74 bits per heavy atom. The lowest BCUT2D eigenvalue weighted by Crippen LogP contribution is -2.06. The summed E-state index contributed by atoms with van der Waals surface area (Å²) in [6, 6.07) is 4.53. The predicted molar refractivity (Wildman–Crippen MR) is 69.9 cm³/mol. The van der Waals surface area contributed by atoms with Gasteiger partial charge in [-0.15, -0.1) is 0 Å². The highest BCUT2D eigenvalue weighted by Crippen LogP contribution is 2.32. The van der Waals surface area contributed by atoms with E-state index in [0.717, 1.165) is 18.7 Å². The molecule has 0 atom stereocenters. The number of nitrogens with zero attached hydrogens (tertiary/aromatic N) is 2. The van der Waals surface area contributed by atoms with Crippen molar-refractivity contribution >= 4 is 5.69 Å². The number of halogens is 1. The van der Waals surface area contributed by atoms with E-state index < -0.39 is 5.82 Å². The van der Waals surface area contributed by atoms with Crippen LogP contribution in [0.2, 0.25) is 0 Å². The molecule has 0 spiro atoms. The van der Waals surface area contributed by atoms with E-state index in [-0.39, 0.29) is 5.69 Å². The molecule has 19 heavy (non-hydrogen) atoms. The van der Waals surface area contributed by atoms with Gasteiger partial charge in [0.05, 0.1) is 5.69 Å². The number of rotatable bonds is 2. The highest BCUT2D eigenvalue weighted by Gasteiger charge is 2.21. The number of nitrogens with two attached hydrogens (primary N) is 1. The van der Waals surface area contributed by atoms with Gasteiger partial charge in [-0.2, -0.15) is 4.98 Å². The van der Waals surface area contributed by atoms with Crippen molar-refractivity contribution in [3.63, 3.8) is 0 Å². The van der Waals surface area contributed by atoms with Crippen LogP contribution in [0.4, 0.5) is 10.1 Å². The highest BCUT2D eigenvalue weighted by atomic mass is 19.1. The number of benzene rings is 1. The normalized spacial score (nSPS) is 16.7. The molecule has 2 N–H and O–H groups in total. The fraction of sp³-hybridized carbons (Fsp3) is 0.429. The summed E-state index contributed by atoms with van der Waals surface area (Å²) in [6.45, 7) is 0. The summed E-state index contributed by atoms with van der Waals surface area (Å²) < 4.78 is 18.6. The maximum absolute atomic E-state index is 13.4. The van der Waals surface area contributed by atoms with Gasteiger partial charge in [-0.1, -0.05) is 24.4 Å². The number of anilines is 1. The van der Waals surface area contributed by atoms with Crippen LogP contribution < -0.4 is 5.73 Å². The lowest BCUT2D eigenvalue weighted by Gasteiger charge is -2.17. The van der Waals surface area contributed by atoms with Crippen LogP contribution in [0.15, 0.2) is 22.7 Å². The van der Waals surface area contributed by atoms with Gasteiger partial charge in [0, 0.05) is 11.5 Å². The van der Waals surface area contributed by atoms with Gasteiger partial charge in [0.1, 0.15) is 5.82 Å². The van der Waals surface area contributed by atoms with Crippen LogP contribution in [0.3, 0.4) is 0 Å². The fourth-order valence-electron chi connectivity index (χ4n) is 2.54. The number of hydrogen-bond donors (Lipinski definition) is 1. The SMILES string of the molecule is Nc1ccc(-c2nc(C3CCCCC3)no2)cc1F. The Balaban J connectivity index is 1.85. The Hall–Kier alpha value is -1.91. The average molecular weight is 261 g/mol. The molecule has 0 saturated heterocycles. The maximum atomic E-state index is 13.4. The van der Waals surface area contributed by atoms with E-state index in [1.54, 1.807) is 6.07 Å². The van der Waals surface area contributed by atoms with Crippen LogP contribution in [-0.2, 0) is 0 Å². The third-order valence-electron chi connectivity index (χ3n) is 3.66. The van der Waals surface area contributed by atoms with Crippen molar-refractivity contribution in [3.05, 3.63) is 29.8 Å². The Kier molecular flexibility index (Phi) is 3.19. The molecule has 1 heterocycles. The second-order valence-corrected chi connectivity index (χ2v) is 5.03. The smallest absolute Gasteiger partial charge is 0.258 e. The van der Waals surface area contributed by atoms with Gasteiger partial charge in [-0.05, 0) is 31.0 Å². The Labute approximate surface area is 110 Å². The van der Waals surface area contributed by atoms with E-state index in [1.807, 2.05) is 0 Å². The molecule has 1 saturated carbocycles. The fourth-order valence-corrected chi connectivity index (χ4v) is 2.54. The number of nitrogen functional groups attached to an aromatic ring is 1. The van der Waals surface area contributed by atoms with Crippen molar-refractivity contribution < 1.29 is 8.91 Å². The lowest BCUT2D eigenvalue weighted by atomic mass is 9.89. The van der Waals surface area contributed by atoms with Gasteiger partial charge in [0.2, 0.25) is 0 Å². The first kappa shape index (κ1) is 12.1. The van der Waals surface area contributed by atoms with E-state index in [1.165, 1.54) is 31.4 Å². The van der Waals surface area contributed by atoms with Gasteiger partial charge in [-0.3, -0.25) is 0 Å². The van der Waals surface area contributed by atoms with E-state index >= 15 is 0 Å². The highest BCUT2D eigenvalue weighted by molar-refractivity contribution is 5.57. The molecule has 1 aliphatic rings. The topological polar surface area (TPSA) is 64.9 Å². The lowest BCUT2D eigenvalue weighted by molar-refractivity contribution is 0.385. The van der Waals surface area contributed by atoms with Crippen LogP contribution in [-0.4, -0.2) is 10.1 Å². The molecule has 0 amide bonds. The quantitative estimate of drug-likeness (QED) is 0.840. The summed E-state index contributed by atoms with van der Waals surface area (Å²) in [5, 5.41) is 4.03. The molecule has 0 aliphatic heterocycles. The van der Waals surface area contributed by atoms with Gasteiger partial charge < -0.3 is 10.3 Å². The Morgan fingerprint density at radius 2 is 2.00 bits per heavy atom. The summed E-state index contributed by atoms with van der Waals surface area (Å²) in [5.41, 5.74) is 6.14. The van der Waals surface area contributed by atoms with Gasteiger partial charge in [-0.25, -0.2) is 4.39 Å². The maximum Gasteiger partial charge on any atom is 0.258 e. The minimum absolute atomic E-state index is 0.121. The van der Waals surface area contributed by atoms with E-state index in [4.69, 9.17) is 10.3 Å². The molecule has 4 nitrogen and oxygen atoms in total. The van der Waals surface area contributed by atoms with Crippen molar-refractivity contribution in [3.8, 4) is 11.5 Å². The molecule has 1 aromatic heterocycles. The Morgan fingerprint density at radius 1 is 1.21 bits per heavy atom. The zero-order valence-electron chi connectivity index (χ0n) is 10.6. The number of hydrogen-bond acceptors (Lipinski definition) is 4. The summed E-state index contributed by atoms with van der Waals surface area (Å²) in [5.74, 6) is 1.02. The summed E-state index contributed by atoms with van der Waals surface area (Å²) in [6.07, 6.45) is 5.92. The van der Waals surface area contributed by atoms with Crippen molar-refractivity contribution in [2.45, 2.75) is 38.0 Å². The molecule has 3 rings (SSSR count). The summed E-state index contributed by atoms with van der Waals surface area (Å²) in [7, 11) is 0. The van der Waals surface area contributed by atoms with Crippen molar-refractivity contribution in [1.29, 1.82) is 0 Å². The van der Waals surface area contributed by atoms with Gasteiger partial charge in [0.15, 0.2) is 5.82 Å². The van der Waals surface area contributed by atoms with Crippen LogP contribution in [0.5, 0.6) is 0 Å². The molecular weight excluding hydrogens is 245 g/mol. The molecule has 1 aliphatic carbocycles. The van der Waals surface area contributed by atoms with Crippen LogP contribution >= 0.6 is 0 Å². The Bertz CT molecular complexity index is 576. The first-order valence-electron chi connectivity index (χ1n) is 6.63. The van der Waals surface area contributed by atoms with Crippen molar-refractivity contribution in [1.82, 2.24) is 10.1 Å². The number of aromatic nitrogens is 2. The third-order valence-corrected chi connectivity index (χ3v) is 3.66. The molecule has 5 heteroatoms. The summed E-state index contributed by atoms with van der Waals surface area (Å²) in [4.78, 5) is 4.39. The van der Waals surface area contributed by atoms with Crippen molar-refractivity contribution in [2.75, 3.05) is 5.73 Å². The second-order valence-electron chi connectivity index (χ2n) is 5.03. The van der Waals surface area contributed by atoms with Crippen LogP contribution in [0, 0.1) is 5.82 Å². The zero-order chi connectivity index (χ0) is 13.2.